The standard InChI is InChI=1S/C17H21NO/c1-2-3-12-18-14-15-8-7-11-17(13-15)19-16-9-5-4-6-10-16/h4-11,13,18H,2-3,12,14H2,1H3. The van der Waals surface area contributed by atoms with Gasteiger partial charge in [-0.05, 0) is 42.8 Å². The third kappa shape index (κ3) is 4.76. The molecule has 0 spiro atoms. The van der Waals surface area contributed by atoms with Gasteiger partial charge < -0.3 is 10.1 Å². The Morgan fingerprint density at radius 1 is 0.947 bits per heavy atom. The number of hydrogen-bond acceptors (Lipinski definition) is 2. The van der Waals surface area contributed by atoms with Crippen molar-refractivity contribution in [3.8, 4) is 11.5 Å². The van der Waals surface area contributed by atoms with Crippen molar-refractivity contribution in [3.05, 3.63) is 60.2 Å². The molecule has 0 bridgehead atoms. The first-order chi connectivity index (χ1) is 9.38. The molecule has 0 heterocycles. The number of para-hydroxylation sites is 1. The van der Waals surface area contributed by atoms with Gasteiger partial charge >= 0.3 is 0 Å². The SMILES string of the molecule is CCCCNCc1cccc(Oc2ccccc2)c1. The summed E-state index contributed by atoms with van der Waals surface area (Å²) in [6.45, 7) is 4.17. The van der Waals surface area contributed by atoms with Crippen molar-refractivity contribution < 1.29 is 4.74 Å². The fourth-order valence-electron chi connectivity index (χ4n) is 1.88. The van der Waals surface area contributed by atoms with Crippen LogP contribution in [0.25, 0.3) is 0 Å². The lowest BCUT2D eigenvalue weighted by Gasteiger charge is -2.08. The van der Waals surface area contributed by atoms with Crippen LogP contribution in [0.15, 0.2) is 54.6 Å². The molecule has 2 aromatic rings. The van der Waals surface area contributed by atoms with E-state index in [0.717, 1.165) is 24.6 Å². The van der Waals surface area contributed by atoms with Crippen molar-refractivity contribution in [1.82, 2.24) is 5.32 Å². The Kier molecular flexibility index (Phi) is 5.45. The number of nitrogens with one attached hydrogen (secondary N) is 1. The molecule has 0 radical (unpaired) electrons. The van der Waals surface area contributed by atoms with E-state index in [0.29, 0.717) is 0 Å². The third-order valence-corrected chi connectivity index (χ3v) is 2.91. The van der Waals surface area contributed by atoms with Crippen molar-refractivity contribution in [1.29, 1.82) is 0 Å². The summed E-state index contributed by atoms with van der Waals surface area (Å²) in [5.74, 6) is 1.76. The monoisotopic (exact) mass is 255 g/mol. The van der Waals surface area contributed by atoms with Crippen LogP contribution in [0.1, 0.15) is 25.3 Å². The van der Waals surface area contributed by atoms with Crippen molar-refractivity contribution in [2.24, 2.45) is 0 Å². The van der Waals surface area contributed by atoms with E-state index in [1.807, 2.05) is 42.5 Å². The molecule has 1 N–H and O–H groups in total. The first-order valence-electron chi connectivity index (χ1n) is 6.91. The lowest BCUT2D eigenvalue weighted by molar-refractivity contribution is 0.481. The summed E-state index contributed by atoms with van der Waals surface area (Å²) in [7, 11) is 0. The zero-order valence-electron chi connectivity index (χ0n) is 11.4. The molecule has 100 valence electrons. The van der Waals surface area contributed by atoms with E-state index in [-0.39, 0.29) is 0 Å². The zero-order valence-corrected chi connectivity index (χ0v) is 11.4. The molecule has 2 rings (SSSR count). The second-order valence-electron chi connectivity index (χ2n) is 4.59. The Morgan fingerprint density at radius 3 is 2.53 bits per heavy atom. The van der Waals surface area contributed by atoms with Gasteiger partial charge in [-0.2, -0.15) is 0 Å². The van der Waals surface area contributed by atoms with E-state index < -0.39 is 0 Å². The van der Waals surface area contributed by atoms with Gasteiger partial charge in [-0.25, -0.2) is 0 Å². The topological polar surface area (TPSA) is 21.3 Å². The second kappa shape index (κ2) is 7.59. The van der Waals surface area contributed by atoms with Crippen molar-refractivity contribution in [3.63, 3.8) is 0 Å². The van der Waals surface area contributed by atoms with Gasteiger partial charge in [0.1, 0.15) is 11.5 Å². The predicted octanol–water partition coefficient (Wildman–Crippen LogP) is 4.37. The van der Waals surface area contributed by atoms with Crippen LogP contribution in [-0.2, 0) is 6.54 Å². The third-order valence-electron chi connectivity index (χ3n) is 2.91. The first-order valence-corrected chi connectivity index (χ1v) is 6.91. The summed E-state index contributed by atoms with van der Waals surface area (Å²) in [6, 6.07) is 18.1. The smallest absolute Gasteiger partial charge is 0.127 e. The number of hydrogen-bond donors (Lipinski definition) is 1. The van der Waals surface area contributed by atoms with Gasteiger partial charge in [0.25, 0.3) is 0 Å². The largest absolute Gasteiger partial charge is 0.457 e. The maximum atomic E-state index is 5.82. The van der Waals surface area contributed by atoms with Crippen molar-refractivity contribution >= 4 is 0 Å². The molecular weight excluding hydrogens is 234 g/mol. The van der Waals surface area contributed by atoms with Crippen molar-refractivity contribution in [2.75, 3.05) is 6.54 Å². The van der Waals surface area contributed by atoms with Gasteiger partial charge in [0.05, 0.1) is 0 Å². The molecule has 0 saturated carbocycles. The Bertz CT molecular complexity index is 482. The van der Waals surface area contributed by atoms with E-state index in [1.54, 1.807) is 0 Å². The number of ether oxygens (including phenoxy) is 1. The van der Waals surface area contributed by atoms with E-state index >= 15 is 0 Å². The highest BCUT2D eigenvalue weighted by molar-refractivity contribution is 5.33. The zero-order chi connectivity index (χ0) is 13.3. The molecule has 0 saturated heterocycles. The molecule has 0 amide bonds. The summed E-state index contributed by atoms with van der Waals surface area (Å²) >= 11 is 0. The van der Waals surface area contributed by atoms with Crippen molar-refractivity contribution in [2.45, 2.75) is 26.3 Å². The summed E-state index contributed by atoms with van der Waals surface area (Å²) in [5, 5.41) is 3.44. The first kappa shape index (κ1) is 13.6. The molecule has 19 heavy (non-hydrogen) atoms. The van der Waals surface area contributed by atoms with Gasteiger partial charge in [-0.15, -0.1) is 0 Å². The van der Waals surface area contributed by atoms with E-state index in [4.69, 9.17) is 4.74 Å². The van der Waals surface area contributed by atoms with Crippen LogP contribution in [-0.4, -0.2) is 6.54 Å². The molecule has 2 heteroatoms. The average molecular weight is 255 g/mol. The molecule has 0 aliphatic carbocycles. The lowest BCUT2D eigenvalue weighted by Crippen LogP contribution is -2.14. The minimum atomic E-state index is 0.874. The van der Waals surface area contributed by atoms with Crippen LogP contribution in [0.2, 0.25) is 0 Å². The molecule has 2 nitrogen and oxygen atoms in total. The molecule has 0 aliphatic heterocycles. The molecule has 0 fully saturated rings. The summed E-state index contributed by atoms with van der Waals surface area (Å²) in [4.78, 5) is 0. The molecule has 0 aromatic heterocycles. The normalized spacial score (nSPS) is 10.4. The molecule has 0 aliphatic rings. The van der Waals surface area contributed by atoms with E-state index in [1.165, 1.54) is 18.4 Å². The molecular formula is C17H21NO. The fraction of sp³-hybridized carbons (Fsp3) is 0.294. The molecule has 0 atom stereocenters. The van der Waals surface area contributed by atoms with Crippen LogP contribution in [0.5, 0.6) is 11.5 Å². The number of rotatable bonds is 7. The maximum absolute atomic E-state index is 5.82. The molecule has 2 aromatic carbocycles. The fourth-order valence-corrected chi connectivity index (χ4v) is 1.88. The highest BCUT2D eigenvalue weighted by Crippen LogP contribution is 2.21. The number of benzene rings is 2. The Hall–Kier alpha value is -1.80. The van der Waals surface area contributed by atoms with Gasteiger partial charge in [0.2, 0.25) is 0 Å². The summed E-state index contributed by atoms with van der Waals surface area (Å²) in [5.41, 5.74) is 1.25. The lowest BCUT2D eigenvalue weighted by atomic mass is 10.2. The minimum absolute atomic E-state index is 0.874. The molecule has 0 unspecified atom stereocenters. The van der Waals surface area contributed by atoms with Crippen LogP contribution in [0.3, 0.4) is 0 Å². The number of unbranched alkanes of at least 4 members (excludes halogenated alkanes) is 1. The quantitative estimate of drug-likeness (QED) is 0.742. The van der Waals surface area contributed by atoms with Crippen LogP contribution in [0, 0.1) is 0 Å². The van der Waals surface area contributed by atoms with Crippen LogP contribution >= 0.6 is 0 Å². The minimum Gasteiger partial charge on any atom is -0.457 e. The van der Waals surface area contributed by atoms with E-state index in [9.17, 15) is 0 Å². The Balaban J connectivity index is 1.91. The van der Waals surface area contributed by atoms with Gasteiger partial charge in [0, 0.05) is 6.54 Å². The van der Waals surface area contributed by atoms with E-state index in [2.05, 4.69) is 24.4 Å². The summed E-state index contributed by atoms with van der Waals surface area (Å²) in [6.07, 6.45) is 2.45. The second-order valence-corrected chi connectivity index (χ2v) is 4.59. The average Bonchev–Trinajstić information content (AvgIpc) is 2.45. The maximum Gasteiger partial charge on any atom is 0.127 e. The predicted molar refractivity (Wildman–Crippen MR) is 79.6 cm³/mol. The summed E-state index contributed by atoms with van der Waals surface area (Å²) < 4.78 is 5.82. The highest BCUT2D eigenvalue weighted by atomic mass is 16.5. The van der Waals surface area contributed by atoms with Crippen LogP contribution < -0.4 is 10.1 Å². The van der Waals surface area contributed by atoms with Gasteiger partial charge in [-0.1, -0.05) is 43.7 Å². The Morgan fingerprint density at radius 2 is 1.74 bits per heavy atom. The van der Waals surface area contributed by atoms with Gasteiger partial charge in [0.15, 0.2) is 0 Å². The van der Waals surface area contributed by atoms with Crippen LogP contribution in [0.4, 0.5) is 0 Å². The van der Waals surface area contributed by atoms with Gasteiger partial charge in [-0.3, -0.25) is 0 Å². The highest BCUT2D eigenvalue weighted by Gasteiger charge is 1.98. The Labute approximate surface area is 115 Å².